The maximum atomic E-state index is 10.1. The van der Waals surface area contributed by atoms with Gasteiger partial charge in [-0.1, -0.05) is 25.0 Å². The molecule has 0 bridgehead atoms. The summed E-state index contributed by atoms with van der Waals surface area (Å²) in [5, 5.41) is 23.0. The molecule has 0 spiro atoms. The van der Waals surface area contributed by atoms with Crippen LogP contribution in [0, 0.1) is 0 Å². The van der Waals surface area contributed by atoms with Gasteiger partial charge in [-0.15, -0.1) is 0 Å². The van der Waals surface area contributed by atoms with Crippen molar-refractivity contribution >= 4 is 0 Å². The maximum Gasteiger partial charge on any atom is 0.115 e. The summed E-state index contributed by atoms with van der Waals surface area (Å²) >= 11 is 0. The van der Waals surface area contributed by atoms with Crippen molar-refractivity contribution in [2.45, 2.75) is 44.2 Å². The van der Waals surface area contributed by atoms with Gasteiger partial charge in [0.2, 0.25) is 0 Å². The van der Waals surface area contributed by atoms with Crippen LogP contribution in [-0.4, -0.2) is 22.8 Å². The Hall–Kier alpha value is -1.06. The molecule has 0 saturated carbocycles. The molecule has 1 aromatic rings. The Kier molecular flexibility index (Phi) is 4.40. The Morgan fingerprint density at radius 3 is 3.00 bits per heavy atom. The lowest BCUT2D eigenvalue weighted by Crippen LogP contribution is -2.29. The highest BCUT2D eigenvalue weighted by atomic mass is 16.3. The van der Waals surface area contributed by atoms with E-state index in [4.69, 9.17) is 0 Å². The first-order valence-electron chi connectivity index (χ1n) is 6.46. The summed E-state index contributed by atoms with van der Waals surface area (Å²) in [5.74, 6) is 0.218. The quantitative estimate of drug-likeness (QED) is 0.753. The van der Waals surface area contributed by atoms with E-state index < -0.39 is 6.10 Å². The third-order valence-corrected chi connectivity index (χ3v) is 3.43. The molecule has 0 aromatic heterocycles. The molecule has 1 aliphatic rings. The van der Waals surface area contributed by atoms with E-state index in [1.807, 2.05) is 6.07 Å². The minimum atomic E-state index is -0.488. The van der Waals surface area contributed by atoms with Crippen LogP contribution in [0.2, 0.25) is 0 Å². The molecule has 0 aliphatic carbocycles. The number of hydrogen-bond acceptors (Lipinski definition) is 3. The SMILES string of the molecule is Oc1cccc(C(O)CC2CCCCCN2)c1. The van der Waals surface area contributed by atoms with Crippen molar-refractivity contribution in [3.8, 4) is 5.75 Å². The summed E-state index contributed by atoms with van der Waals surface area (Å²) in [4.78, 5) is 0. The van der Waals surface area contributed by atoms with Gasteiger partial charge >= 0.3 is 0 Å². The smallest absolute Gasteiger partial charge is 0.115 e. The van der Waals surface area contributed by atoms with Crippen LogP contribution >= 0.6 is 0 Å². The molecule has 2 rings (SSSR count). The van der Waals surface area contributed by atoms with Crippen LogP contribution in [-0.2, 0) is 0 Å². The van der Waals surface area contributed by atoms with Gasteiger partial charge < -0.3 is 15.5 Å². The zero-order chi connectivity index (χ0) is 12.1. The van der Waals surface area contributed by atoms with Crippen LogP contribution < -0.4 is 5.32 Å². The molecule has 0 radical (unpaired) electrons. The number of benzene rings is 1. The largest absolute Gasteiger partial charge is 0.508 e. The van der Waals surface area contributed by atoms with Gasteiger partial charge in [0.25, 0.3) is 0 Å². The first kappa shape index (κ1) is 12.4. The lowest BCUT2D eigenvalue weighted by molar-refractivity contribution is 0.150. The van der Waals surface area contributed by atoms with Crippen LogP contribution in [0.4, 0.5) is 0 Å². The number of hydrogen-bond donors (Lipinski definition) is 3. The zero-order valence-electron chi connectivity index (χ0n) is 10.1. The Labute approximate surface area is 102 Å². The predicted octanol–water partition coefficient (Wildman–Crippen LogP) is 2.35. The number of phenols is 1. The predicted molar refractivity (Wildman–Crippen MR) is 67.9 cm³/mol. The summed E-state index contributed by atoms with van der Waals surface area (Å²) in [5.41, 5.74) is 0.802. The minimum Gasteiger partial charge on any atom is -0.508 e. The fraction of sp³-hybridized carbons (Fsp3) is 0.571. The Balaban J connectivity index is 1.93. The monoisotopic (exact) mass is 235 g/mol. The van der Waals surface area contributed by atoms with Crippen LogP contribution in [0.1, 0.15) is 43.8 Å². The van der Waals surface area contributed by atoms with Gasteiger partial charge in [0.1, 0.15) is 5.75 Å². The standard InChI is InChI=1S/C14H21NO2/c16-13-7-4-5-11(9-13)14(17)10-12-6-2-1-3-8-15-12/h4-5,7,9,12,14-17H,1-3,6,8,10H2. The Morgan fingerprint density at radius 1 is 1.29 bits per heavy atom. The number of aromatic hydroxyl groups is 1. The molecule has 1 aliphatic heterocycles. The lowest BCUT2D eigenvalue weighted by atomic mass is 9.99. The van der Waals surface area contributed by atoms with Crippen molar-refractivity contribution in [1.29, 1.82) is 0 Å². The molecule has 2 unspecified atom stereocenters. The van der Waals surface area contributed by atoms with E-state index >= 15 is 0 Å². The van der Waals surface area contributed by atoms with Gasteiger partial charge in [-0.3, -0.25) is 0 Å². The van der Waals surface area contributed by atoms with Crippen LogP contribution in [0.25, 0.3) is 0 Å². The normalized spacial score (nSPS) is 23.0. The average Bonchev–Trinajstić information content (AvgIpc) is 2.57. The summed E-state index contributed by atoms with van der Waals surface area (Å²) in [6.07, 6.45) is 5.13. The Bertz CT molecular complexity index is 346. The third kappa shape index (κ3) is 3.72. The number of nitrogens with one attached hydrogen (secondary N) is 1. The molecule has 2 atom stereocenters. The molecular formula is C14H21NO2. The molecule has 1 heterocycles. The molecule has 0 amide bonds. The van der Waals surface area contributed by atoms with Crippen LogP contribution in [0.15, 0.2) is 24.3 Å². The second kappa shape index (κ2) is 6.03. The van der Waals surface area contributed by atoms with E-state index in [0.717, 1.165) is 24.9 Å². The number of phenolic OH excluding ortho intramolecular Hbond substituents is 1. The minimum absolute atomic E-state index is 0.218. The zero-order valence-corrected chi connectivity index (χ0v) is 10.1. The van der Waals surface area contributed by atoms with Gasteiger partial charge in [0.05, 0.1) is 6.10 Å². The van der Waals surface area contributed by atoms with E-state index in [0.29, 0.717) is 6.04 Å². The van der Waals surface area contributed by atoms with Crippen LogP contribution in [0.3, 0.4) is 0 Å². The molecule has 1 fully saturated rings. The van der Waals surface area contributed by atoms with Gasteiger partial charge in [-0.2, -0.15) is 0 Å². The highest BCUT2D eigenvalue weighted by molar-refractivity contribution is 5.28. The maximum absolute atomic E-state index is 10.1. The average molecular weight is 235 g/mol. The fourth-order valence-corrected chi connectivity index (χ4v) is 2.44. The van der Waals surface area contributed by atoms with Crippen molar-refractivity contribution in [2.24, 2.45) is 0 Å². The summed E-state index contributed by atoms with van der Waals surface area (Å²) in [6.45, 7) is 1.05. The summed E-state index contributed by atoms with van der Waals surface area (Å²) in [7, 11) is 0. The van der Waals surface area contributed by atoms with Crippen molar-refractivity contribution in [2.75, 3.05) is 6.54 Å². The highest BCUT2D eigenvalue weighted by Crippen LogP contribution is 2.24. The van der Waals surface area contributed by atoms with Gasteiger partial charge in [0.15, 0.2) is 0 Å². The van der Waals surface area contributed by atoms with Gasteiger partial charge in [-0.05, 0) is 43.5 Å². The van der Waals surface area contributed by atoms with Crippen molar-refractivity contribution < 1.29 is 10.2 Å². The van der Waals surface area contributed by atoms with Crippen molar-refractivity contribution in [3.05, 3.63) is 29.8 Å². The summed E-state index contributed by atoms with van der Waals surface area (Å²) in [6, 6.07) is 7.30. The van der Waals surface area contributed by atoms with Crippen molar-refractivity contribution in [1.82, 2.24) is 5.32 Å². The molecule has 3 nitrogen and oxygen atoms in total. The molecule has 94 valence electrons. The molecule has 1 saturated heterocycles. The molecule has 17 heavy (non-hydrogen) atoms. The molecular weight excluding hydrogens is 214 g/mol. The number of aliphatic hydroxyl groups excluding tert-OH is 1. The molecule has 1 aromatic carbocycles. The Morgan fingerprint density at radius 2 is 2.18 bits per heavy atom. The number of aliphatic hydroxyl groups is 1. The van der Waals surface area contributed by atoms with E-state index in [-0.39, 0.29) is 5.75 Å². The number of rotatable bonds is 3. The second-order valence-corrected chi connectivity index (χ2v) is 4.85. The van der Waals surface area contributed by atoms with Crippen LogP contribution in [0.5, 0.6) is 5.75 Å². The topological polar surface area (TPSA) is 52.5 Å². The highest BCUT2D eigenvalue weighted by Gasteiger charge is 2.17. The van der Waals surface area contributed by atoms with E-state index in [1.54, 1.807) is 18.2 Å². The van der Waals surface area contributed by atoms with E-state index in [2.05, 4.69) is 5.32 Å². The first-order valence-corrected chi connectivity index (χ1v) is 6.46. The van der Waals surface area contributed by atoms with E-state index in [9.17, 15) is 10.2 Å². The fourth-order valence-electron chi connectivity index (χ4n) is 2.44. The lowest BCUT2D eigenvalue weighted by Gasteiger charge is -2.20. The summed E-state index contributed by atoms with van der Waals surface area (Å²) < 4.78 is 0. The first-order chi connectivity index (χ1) is 8.25. The van der Waals surface area contributed by atoms with Gasteiger partial charge in [0, 0.05) is 6.04 Å². The molecule has 3 heteroatoms. The van der Waals surface area contributed by atoms with Gasteiger partial charge in [-0.25, -0.2) is 0 Å². The molecule has 3 N–H and O–H groups in total. The third-order valence-electron chi connectivity index (χ3n) is 3.43. The second-order valence-electron chi connectivity index (χ2n) is 4.85. The van der Waals surface area contributed by atoms with Crippen molar-refractivity contribution in [3.63, 3.8) is 0 Å². The van der Waals surface area contributed by atoms with E-state index in [1.165, 1.54) is 19.3 Å².